The summed E-state index contributed by atoms with van der Waals surface area (Å²) >= 11 is 2.93. The third-order valence-electron chi connectivity index (χ3n) is 2.69. The van der Waals surface area contributed by atoms with Crippen LogP contribution in [0.3, 0.4) is 0 Å². The van der Waals surface area contributed by atoms with Crippen molar-refractivity contribution in [3.05, 3.63) is 64.1 Å². The Labute approximate surface area is 122 Å². The van der Waals surface area contributed by atoms with E-state index in [1.165, 1.54) is 6.07 Å². The molecule has 0 saturated heterocycles. The van der Waals surface area contributed by atoms with Crippen molar-refractivity contribution in [1.29, 1.82) is 0 Å². The van der Waals surface area contributed by atoms with Gasteiger partial charge in [0.15, 0.2) is 6.04 Å². The van der Waals surface area contributed by atoms with Gasteiger partial charge in [0.25, 0.3) is 0 Å². The van der Waals surface area contributed by atoms with Crippen LogP contribution >= 0.6 is 15.9 Å². The van der Waals surface area contributed by atoms with Gasteiger partial charge < -0.3 is 10.4 Å². The van der Waals surface area contributed by atoms with Crippen molar-refractivity contribution in [2.75, 3.05) is 5.32 Å². The van der Waals surface area contributed by atoms with Gasteiger partial charge in [-0.15, -0.1) is 0 Å². The fraction of sp³-hybridized carbons (Fsp3) is 0.0714. The summed E-state index contributed by atoms with van der Waals surface area (Å²) in [5, 5.41) is 11.8. The number of carbonyl (C=O) groups is 1. The van der Waals surface area contributed by atoms with Gasteiger partial charge in [0, 0.05) is 6.07 Å². The molecule has 1 unspecified atom stereocenters. The van der Waals surface area contributed by atoms with Crippen LogP contribution in [-0.2, 0) is 4.79 Å². The molecule has 0 saturated carbocycles. The Hall–Kier alpha value is -1.95. The SMILES string of the molecule is O=C(O)C(Nc1cc(Br)c(F)cc1F)c1ccccc1. The first kappa shape index (κ1) is 14.5. The van der Waals surface area contributed by atoms with E-state index in [2.05, 4.69) is 21.2 Å². The minimum atomic E-state index is -1.16. The average molecular weight is 342 g/mol. The monoisotopic (exact) mass is 341 g/mol. The quantitative estimate of drug-likeness (QED) is 0.827. The summed E-state index contributed by atoms with van der Waals surface area (Å²) in [6, 6.07) is 9.08. The summed E-state index contributed by atoms with van der Waals surface area (Å²) in [4.78, 5) is 11.3. The summed E-state index contributed by atoms with van der Waals surface area (Å²) in [5.74, 6) is -2.76. The fourth-order valence-corrected chi connectivity index (χ4v) is 2.07. The van der Waals surface area contributed by atoms with E-state index in [0.717, 1.165) is 0 Å². The number of aliphatic carboxylic acids is 1. The predicted octanol–water partition coefficient (Wildman–Crippen LogP) is 3.97. The molecule has 0 heterocycles. The van der Waals surface area contributed by atoms with Crippen LogP contribution in [0.4, 0.5) is 14.5 Å². The minimum absolute atomic E-state index is 0.0543. The molecule has 0 spiro atoms. The van der Waals surface area contributed by atoms with Crippen molar-refractivity contribution in [1.82, 2.24) is 0 Å². The lowest BCUT2D eigenvalue weighted by Gasteiger charge is -2.17. The topological polar surface area (TPSA) is 49.3 Å². The molecule has 0 radical (unpaired) electrons. The van der Waals surface area contributed by atoms with Crippen LogP contribution in [0.1, 0.15) is 11.6 Å². The van der Waals surface area contributed by atoms with Crippen molar-refractivity contribution in [3.8, 4) is 0 Å². The molecule has 6 heteroatoms. The van der Waals surface area contributed by atoms with Crippen molar-refractivity contribution in [2.45, 2.75) is 6.04 Å². The molecule has 104 valence electrons. The molecule has 1 atom stereocenters. The lowest BCUT2D eigenvalue weighted by Crippen LogP contribution is -2.21. The lowest BCUT2D eigenvalue weighted by atomic mass is 10.1. The zero-order valence-electron chi connectivity index (χ0n) is 10.1. The number of benzene rings is 2. The van der Waals surface area contributed by atoms with Gasteiger partial charge in [-0.3, -0.25) is 0 Å². The molecule has 0 aromatic heterocycles. The highest BCUT2D eigenvalue weighted by Crippen LogP contribution is 2.27. The van der Waals surface area contributed by atoms with Crippen LogP contribution in [0.5, 0.6) is 0 Å². The summed E-state index contributed by atoms with van der Waals surface area (Å²) in [6.45, 7) is 0. The number of rotatable bonds is 4. The van der Waals surface area contributed by atoms with Crippen LogP contribution < -0.4 is 5.32 Å². The molecule has 0 aliphatic rings. The van der Waals surface area contributed by atoms with Crippen molar-refractivity contribution in [3.63, 3.8) is 0 Å². The molecule has 0 bridgehead atoms. The maximum atomic E-state index is 13.7. The Morgan fingerprint density at radius 1 is 1.15 bits per heavy atom. The van der Waals surface area contributed by atoms with E-state index in [1.807, 2.05) is 0 Å². The zero-order chi connectivity index (χ0) is 14.7. The number of carboxylic acids is 1. The fourth-order valence-electron chi connectivity index (χ4n) is 1.72. The minimum Gasteiger partial charge on any atom is -0.479 e. The van der Waals surface area contributed by atoms with Gasteiger partial charge in [0.1, 0.15) is 11.6 Å². The molecular formula is C14H10BrF2NO2. The van der Waals surface area contributed by atoms with E-state index in [9.17, 15) is 18.7 Å². The summed E-state index contributed by atoms with van der Waals surface area (Å²) in [6.07, 6.45) is 0. The van der Waals surface area contributed by atoms with Crippen LogP contribution in [0, 0.1) is 11.6 Å². The van der Waals surface area contributed by atoms with E-state index in [1.54, 1.807) is 30.3 Å². The first-order valence-electron chi connectivity index (χ1n) is 5.68. The maximum Gasteiger partial charge on any atom is 0.330 e. The van der Waals surface area contributed by atoms with Gasteiger partial charge in [-0.2, -0.15) is 0 Å². The van der Waals surface area contributed by atoms with Crippen molar-refractivity contribution < 1.29 is 18.7 Å². The van der Waals surface area contributed by atoms with Crippen LogP contribution in [0.15, 0.2) is 46.9 Å². The van der Waals surface area contributed by atoms with Gasteiger partial charge in [-0.25, -0.2) is 13.6 Å². The van der Waals surface area contributed by atoms with E-state index in [4.69, 9.17) is 0 Å². The first-order chi connectivity index (χ1) is 9.49. The van der Waals surface area contributed by atoms with Gasteiger partial charge in [0.05, 0.1) is 10.2 Å². The van der Waals surface area contributed by atoms with Gasteiger partial charge in [0.2, 0.25) is 0 Å². The van der Waals surface area contributed by atoms with E-state index >= 15 is 0 Å². The highest BCUT2D eigenvalue weighted by atomic mass is 79.9. The molecule has 2 N–H and O–H groups in total. The number of anilines is 1. The number of carboxylic acid groups (broad SMARTS) is 1. The summed E-state index contributed by atoms with van der Waals surface area (Å²) in [7, 11) is 0. The Bertz CT molecular complexity index is 635. The largest absolute Gasteiger partial charge is 0.479 e. The molecule has 20 heavy (non-hydrogen) atoms. The number of halogens is 3. The van der Waals surface area contributed by atoms with Crippen molar-refractivity contribution in [2.24, 2.45) is 0 Å². The Kier molecular flexibility index (Phi) is 4.34. The predicted molar refractivity (Wildman–Crippen MR) is 74.5 cm³/mol. The third-order valence-corrected chi connectivity index (χ3v) is 3.30. The molecular weight excluding hydrogens is 332 g/mol. The van der Waals surface area contributed by atoms with Crippen LogP contribution in [-0.4, -0.2) is 11.1 Å². The summed E-state index contributed by atoms with van der Waals surface area (Å²) in [5.41, 5.74) is 0.384. The normalized spacial score (nSPS) is 11.9. The Balaban J connectivity index is 2.35. The van der Waals surface area contributed by atoms with Gasteiger partial charge >= 0.3 is 5.97 Å². The molecule has 0 aliphatic heterocycles. The second kappa shape index (κ2) is 6.00. The second-order valence-corrected chi connectivity index (χ2v) is 4.93. The molecule has 0 fully saturated rings. The Morgan fingerprint density at radius 3 is 2.40 bits per heavy atom. The summed E-state index contributed by atoms with van der Waals surface area (Å²) < 4.78 is 26.9. The third kappa shape index (κ3) is 3.14. The first-order valence-corrected chi connectivity index (χ1v) is 6.47. The van der Waals surface area contributed by atoms with E-state index in [0.29, 0.717) is 11.6 Å². The molecule has 0 amide bonds. The second-order valence-electron chi connectivity index (χ2n) is 4.07. The van der Waals surface area contributed by atoms with E-state index < -0.39 is 23.6 Å². The number of hydrogen-bond donors (Lipinski definition) is 2. The van der Waals surface area contributed by atoms with Crippen LogP contribution in [0.2, 0.25) is 0 Å². The highest BCUT2D eigenvalue weighted by molar-refractivity contribution is 9.10. The molecule has 2 aromatic rings. The number of hydrogen-bond acceptors (Lipinski definition) is 2. The zero-order valence-corrected chi connectivity index (χ0v) is 11.7. The lowest BCUT2D eigenvalue weighted by molar-refractivity contribution is -0.138. The number of nitrogens with one attached hydrogen (secondary N) is 1. The van der Waals surface area contributed by atoms with Gasteiger partial charge in [-0.1, -0.05) is 30.3 Å². The highest BCUT2D eigenvalue weighted by Gasteiger charge is 2.21. The molecule has 2 aromatic carbocycles. The van der Waals surface area contributed by atoms with Crippen molar-refractivity contribution >= 4 is 27.6 Å². The average Bonchev–Trinajstić information content (AvgIpc) is 2.42. The smallest absolute Gasteiger partial charge is 0.330 e. The molecule has 0 aliphatic carbocycles. The standard InChI is InChI=1S/C14H10BrF2NO2/c15-9-6-12(11(17)7-10(9)16)18-13(14(19)20)8-4-2-1-3-5-8/h1-7,13,18H,(H,19,20). The van der Waals surface area contributed by atoms with Gasteiger partial charge in [-0.05, 0) is 27.6 Å². The van der Waals surface area contributed by atoms with E-state index in [-0.39, 0.29) is 10.2 Å². The molecule has 2 rings (SSSR count). The Morgan fingerprint density at radius 2 is 1.80 bits per heavy atom. The van der Waals surface area contributed by atoms with Crippen LogP contribution in [0.25, 0.3) is 0 Å². The maximum absolute atomic E-state index is 13.7. The molecule has 3 nitrogen and oxygen atoms in total.